The summed E-state index contributed by atoms with van der Waals surface area (Å²) >= 11 is 3.25. The van der Waals surface area contributed by atoms with Gasteiger partial charge in [0, 0.05) is 15.6 Å². The van der Waals surface area contributed by atoms with E-state index in [2.05, 4.69) is 15.9 Å². The predicted octanol–water partition coefficient (Wildman–Crippen LogP) is 2.48. The highest BCUT2D eigenvalue weighted by molar-refractivity contribution is 9.10. The van der Waals surface area contributed by atoms with Gasteiger partial charge in [-0.25, -0.2) is 8.99 Å². The average Bonchev–Trinajstić information content (AvgIpc) is 1.86. The third kappa shape index (κ3) is 2.31. The van der Waals surface area contributed by atoms with Crippen LogP contribution in [-0.4, -0.2) is 10.5 Å². The van der Waals surface area contributed by atoms with Gasteiger partial charge in [-0.3, -0.25) is 0 Å². The van der Waals surface area contributed by atoms with Gasteiger partial charge in [0.15, 0.2) is 0 Å². The lowest BCUT2D eigenvalue weighted by molar-refractivity contribution is 0.679. The van der Waals surface area contributed by atoms with E-state index >= 15 is 0 Å². The highest BCUT2D eigenvalue weighted by Gasteiger charge is 2.01. The second kappa shape index (κ2) is 2.95. The molecule has 1 atom stereocenters. The van der Waals surface area contributed by atoms with Crippen LogP contribution in [0.2, 0.25) is 0 Å². The van der Waals surface area contributed by atoms with Crippen LogP contribution in [0, 0.1) is 4.78 Å². The van der Waals surface area contributed by atoms with E-state index in [9.17, 15) is 4.21 Å². The molecule has 1 unspecified atom stereocenters. The van der Waals surface area contributed by atoms with Gasteiger partial charge < -0.3 is 0 Å². The quantitative estimate of drug-likeness (QED) is 0.796. The lowest BCUT2D eigenvalue weighted by atomic mass is 10.4. The molecule has 60 valence electrons. The molecule has 0 radical (unpaired) electrons. The van der Waals surface area contributed by atoms with E-state index in [1.165, 1.54) is 6.26 Å². The fourth-order valence-electron chi connectivity index (χ4n) is 0.709. The lowest BCUT2D eigenvalue weighted by Gasteiger charge is -1.99. The smallest absolute Gasteiger partial charge is 0.0697 e. The summed E-state index contributed by atoms with van der Waals surface area (Å²) in [6.07, 6.45) is 1.41. The van der Waals surface area contributed by atoms with Gasteiger partial charge in [0.1, 0.15) is 0 Å². The van der Waals surface area contributed by atoms with E-state index in [1.807, 2.05) is 6.07 Å². The molecule has 0 spiro atoms. The first kappa shape index (κ1) is 8.74. The zero-order valence-electron chi connectivity index (χ0n) is 6.00. The SMILES string of the molecule is CS(=N)(=O)c1cccc(Br)c1. The molecular formula is C7H8BrNOS. The lowest BCUT2D eigenvalue weighted by Crippen LogP contribution is -1.93. The summed E-state index contributed by atoms with van der Waals surface area (Å²) in [7, 11) is -2.56. The fourth-order valence-corrected chi connectivity index (χ4v) is 1.95. The summed E-state index contributed by atoms with van der Waals surface area (Å²) in [4.78, 5) is 0.562. The summed E-state index contributed by atoms with van der Waals surface area (Å²) in [6.45, 7) is 0. The Labute approximate surface area is 74.7 Å². The summed E-state index contributed by atoms with van der Waals surface area (Å²) in [5.74, 6) is 0. The van der Waals surface area contributed by atoms with Crippen molar-refractivity contribution >= 4 is 25.7 Å². The molecule has 0 amide bonds. The minimum atomic E-state index is -2.56. The van der Waals surface area contributed by atoms with Crippen LogP contribution in [0.1, 0.15) is 0 Å². The van der Waals surface area contributed by atoms with E-state index in [4.69, 9.17) is 4.78 Å². The van der Waals surface area contributed by atoms with E-state index in [0.717, 1.165) is 4.47 Å². The van der Waals surface area contributed by atoms with Crippen LogP contribution in [0.4, 0.5) is 0 Å². The Morgan fingerprint density at radius 2 is 2.18 bits per heavy atom. The molecule has 1 rings (SSSR count). The molecular weight excluding hydrogens is 226 g/mol. The molecule has 1 aromatic carbocycles. The van der Waals surface area contributed by atoms with Crippen LogP contribution >= 0.6 is 15.9 Å². The molecule has 0 aliphatic heterocycles. The highest BCUT2D eigenvalue weighted by Crippen LogP contribution is 2.15. The van der Waals surface area contributed by atoms with Crippen LogP contribution in [0.25, 0.3) is 0 Å². The molecule has 0 aliphatic carbocycles. The summed E-state index contributed by atoms with van der Waals surface area (Å²) in [5, 5.41) is 0. The van der Waals surface area contributed by atoms with Gasteiger partial charge in [0.2, 0.25) is 0 Å². The van der Waals surface area contributed by atoms with Crippen molar-refractivity contribution in [2.24, 2.45) is 0 Å². The number of benzene rings is 1. The highest BCUT2D eigenvalue weighted by atomic mass is 79.9. The molecule has 1 N–H and O–H groups in total. The fraction of sp³-hybridized carbons (Fsp3) is 0.143. The first-order valence-corrected chi connectivity index (χ1v) is 5.75. The Morgan fingerprint density at radius 1 is 1.55 bits per heavy atom. The van der Waals surface area contributed by atoms with Gasteiger partial charge in [0.25, 0.3) is 0 Å². The minimum absolute atomic E-state index is 0.562. The molecule has 11 heavy (non-hydrogen) atoms. The summed E-state index contributed by atoms with van der Waals surface area (Å²) in [5.41, 5.74) is 0. The average molecular weight is 234 g/mol. The van der Waals surface area contributed by atoms with Crippen LogP contribution in [0.15, 0.2) is 33.6 Å². The molecule has 0 saturated carbocycles. The maximum Gasteiger partial charge on any atom is 0.0697 e. The van der Waals surface area contributed by atoms with Crippen molar-refractivity contribution in [1.82, 2.24) is 0 Å². The third-order valence-electron chi connectivity index (χ3n) is 1.25. The van der Waals surface area contributed by atoms with Gasteiger partial charge >= 0.3 is 0 Å². The second-order valence-corrected chi connectivity index (χ2v) is 5.38. The van der Waals surface area contributed by atoms with Crippen LogP contribution in [-0.2, 0) is 9.73 Å². The molecule has 1 aromatic rings. The maximum atomic E-state index is 11.2. The Bertz CT molecular complexity index is 358. The number of hydrogen-bond donors (Lipinski definition) is 1. The summed E-state index contributed by atoms with van der Waals surface area (Å²) < 4.78 is 19.3. The monoisotopic (exact) mass is 233 g/mol. The van der Waals surface area contributed by atoms with E-state index in [0.29, 0.717) is 4.90 Å². The molecule has 0 heterocycles. The van der Waals surface area contributed by atoms with Gasteiger partial charge in [-0.2, -0.15) is 0 Å². The van der Waals surface area contributed by atoms with Crippen molar-refractivity contribution in [2.75, 3.05) is 6.26 Å². The van der Waals surface area contributed by atoms with Gasteiger partial charge in [-0.1, -0.05) is 22.0 Å². The standard InChI is InChI=1S/C7H8BrNOS/c1-11(9,10)7-4-2-3-6(8)5-7/h2-5,9H,1H3. The first-order valence-electron chi connectivity index (χ1n) is 2.99. The number of hydrogen-bond acceptors (Lipinski definition) is 2. The van der Waals surface area contributed by atoms with Gasteiger partial charge in [0.05, 0.1) is 9.73 Å². The molecule has 0 aromatic heterocycles. The second-order valence-electron chi connectivity index (χ2n) is 2.30. The van der Waals surface area contributed by atoms with Crippen LogP contribution in [0.5, 0.6) is 0 Å². The predicted molar refractivity (Wildman–Crippen MR) is 49.2 cm³/mol. The molecule has 4 heteroatoms. The number of halogens is 1. The maximum absolute atomic E-state index is 11.2. The molecule has 2 nitrogen and oxygen atoms in total. The molecule has 0 fully saturated rings. The molecule has 0 saturated heterocycles. The van der Waals surface area contributed by atoms with Crippen molar-refractivity contribution in [3.63, 3.8) is 0 Å². The third-order valence-corrected chi connectivity index (χ3v) is 2.89. The van der Waals surface area contributed by atoms with Crippen molar-refractivity contribution in [3.05, 3.63) is 28.7 Å². The van der Waals surface area contributed by atoms with Gasteiger partial charge in [-0.05, 0) is 18.2 Å². The zero-order valence-corrected chi connectivity index (χ0v) is 8.41. The van der Waals surface area contributed by atoms with Crippen molar-refractivity contribution in [3.8, 4) is 0 Å². The largest absolute Gasteiger partial charge is 0.249 e. The number of nitrogens with one attached hydrogen (secondary N) is 1. The first-order chi connectivity index (χ1) is 5.00. The topological polar surface area (TPSA) is 40.9 Å². The summed E-state index contributed by atoms with van der Waals surface area (Å²) in [6, 6.07) is 7.02. The molecule has 0 bridgehead atoms. The number of rotatable bonds is 1. The van der Waals surface area contributed by atoms with Gasteiger partial charge in [-0.15, -0.1) is 0 Å². The Kier molecular flexibility index (Phi) is 2.34. The van der Waals surface area contributed by atoms with E-state index in [-0.39, 0.29) is 0 Å². The Hall–Kier alpha value is -0.350. The molecule has 0 aliphatic rings. The minimum Gasteiger partial charge on any atom is -0.249 e. The van der Waals surface area contributed by atoms with Crippen molar-refractivity contribution in [2.45, 2.75) is 4.90 Å². The van der Waals surface area contributed by atoms with Crippen LogP contribution < -0.4 is 0 Å². The van der Waals surface area contributed by atoms with E-state index in [1.54, 1.807) is 18.2 Å². The zero-order chi connectivity index (χ0) is 8.48. The Morgan fingerprint density at radius 3 is 2.55 bits per heavy atom. The normalized spacial score (nSPS) is 15.8. The van der Waals surface area contributed by atoms with Crippen LogP contribution in [0.3, 0.4) is 0 Å². The Balaban J connectivity index is 3.28. The van der Waals surface area contributed by atoms with Crippen molar-refractivity contribution in [1.29, 1.82) is 4.78 Å². The van der Waals surface area contributed by atoms with E-state index < -0.39 is 9.73 Å². The van der Waals surface area contributed by atoms with Crippen molar-refractivity contribution < 1.29 is 4.21 Å².